The number of benzene rings is 8. The predicted molar refractivity (Wildman–Crippen MR) is 229 cm³/mol. The number of hydrogen-bond acceptors (Lipinski definition) is 5. The summed E-state index contributed by atoms with van der Waals surface area (Å²) < 4.78 is 6.64. The number of aromatic nitrogens is 3. The molecule has 2 heterocycles. The van der Waals surface area contributed by atoms with Crippen molar-refractivity contribution < 1.29 is 4.74 Å². The van der Waals surface area contributed by atoms with E-state index in [4.69, 9.17) is 19.7 Å². The summed E-state index contributed by atoms with van der Waals surface area (Å²) in [4.78, 5) is 15.5. The van der Waals surface area contributed by atoms with Crippen LogP contribution in [0.5, 0.6) is 11.5 Å². The Hall–Kier alpha value is -7.94. The molecule has 1 aliphatic carbocycles. The highest BCUT2D eigenvalue weighted by atomic mass is 16.5. The molecule has 2 aliphatic rings. The summed E-state index contributed by atoms with van der Waals surface area (Å²) in [6.45, 7) is 0. The highest BCUT2D eigenvalue weighted by molar-refractivity contribution is 5.95. The minimum absolute atomic E-state index is 0.591. The molecule has 0 saturated heterocycles. The molecule has 0 saturated carbocycles. The molecule has 0 amide bonds. The maximum absolute atomic E-state index is 9.40. The second-order valence-corrected chi connectivity index (χ2v) is 14.6. The minimum atomic E-state index is -0.642. The predicted octanol–water partition coefficient (Wildman–Crippen LogP) is 12.5. The van der Waals surface area contributed by atoms with Gasteiger partial charge in [-0.2, -0.15) is 5.26 Å². The lowest BCUT2D eigenvalue weighted by atomic mass is 9.65. The Morgan fingerprint density at radius 1 is 0.362 bits per heavy atom. The summed E-state index contributed by atoms with van der Waals surface area (Å²) in [6, 6.07) is 69.1. The average Bonchev–Trinajstić information content (AvgIpc) is 3.58. The van der Waals surface area contributed by atoms with Gasteiger partial charge in [0.05, 0.1) is 17.0 Å². The lowest BCUT2D eigenvalue weighted by molar-refractivity contribution is 0.436. The first-order valence-electron chi connectivity index (χ1n) is 19.3. The number of nitrogens with zero attached hydrogens (tertiary/aromatic N) is 4. The lowest BCUT2D eigenvalue weighted by Gasteiger charge is -2.39. The quantitative estimate of drug-likeness (QED) is 0.176. The normalized spacial score (nSPS) is 12.7. The SMILES string of the molecule is N#Cc1ccc(-c2ccc(-c3cc4c(cc3-c3nc(-c5ccccc5)nc(-c5ccccc5)n3)-c3ccccc3C43c4ccccc4Oc4ccccc43)cc2)cc1. The Morgan fingerprint density at radius 2 is 0.845 bits per heavy atom. The average molecular weight is 741 g/mol. The number of hydrogen-bond donors (Lipinski definition) is 0. The van der Waals surface area contributed by atoms with E-state index in [1.54, 1.807) is 0 Å². The van der Waals surface area contributed by atoms with E-state index in [2.05, 4.69) is 103 Å². The van der Waals surface area contributed by atoms with Crippen molar-refractivity contribution in [3.05, 3.63) is 222 Å². The van der Waals surface area contributed by atoms with Gasteiger partial charge in [-0.1, -0.05) is 158 Å². The van der Waals surface area contributed by atoms with Crippen LogP contribution in [0.2, 0.25) is 0 Å². The first kappa shape index (κ1) is 33.4. The smallest absolute Gasteiger partial charge is 0.164 e. The fourth-order valence-electron chi connectivity index (χ4n) is 8.83. The van der Waals surface area contributed by atoms with Crippen molar-refractivity contribution in [3.63, 3.8) is 0 Å². The van der Waals surface area contributed by atoms with E-state index in [1.165, 1.54) is 11.1 Å². The summed E-state index contributed by atoms with van der Waals surface area (Å²) in [6.07, 6.45) is 0. The molecule has 0 N–H and O–H groups in total. The zero-order chi connectivity index (χ0) is 38.6. The Bertz CT molecular complexity index is 2980. The van der Waals surface area contributed by atoms with Crippen LogP contribution in [-0.4, -0.2) is 15.0 Å². The molecule has 5 heteroatoms. The monoisotopic (exact) mass is 740 g/mol. The van der Waals surface area contributed by atoms with Crippen LogP contribution in [-0.2, 0) is 5.41 Å². The van der Waals surface area contributed by atoms with E-state index in [9.17, 15) is 5.26 Å². The molecule has 58 heavy (non-hydrogen) atoms. The van der Waals surface area contributed by atoms with Crippen LogP contribution in [0.25, 0.3) is 67.5 Å². The minimum Gasteiger partial charge on any atom is -0.457 e. The third kappa shape index (κ3) is 5.20. The molecule has 0 atom stereocenters. The largest absolute Gasteiger partial charge is 0.457 e. The van der Waals surface area contributed by atoms with Gasteiger partial charge in [-0.25, -0.2) is 15.0 Å². The Balaban J connectivity index is 1.21. The molecular formula is C53H32N4O. The number of fused-ring (bicyclic) bond motifs is 9. The van der Waals surface area contributed by atoms with Crippen LogP contribution in [0.15, 0.2) is 194 Å². The molecule has 270 valence electrons. The summed E-state index contributed by atoms with van der Waals surface area (Å²) in [5.74, 6) is 3.50. The highest BCUT2D eigenvalue weighted by Crippen LogP contribution is 2.63. The topological polar surface area (TPSA) is 71.7 Å². The maximum atomic E-state index is 9.40. The van der Waals surface area contributed by atoms with Crippen LogP contribution in [0, 0.1) is 11.3 Å². The van der Waals surface area contributed by atoms with Crippen molar-refractivity contribution in [3.8, 4) is 85.1 Å². The lowest BCUT2D eigenvalue weighted by Crippen LogP contribution is -2.32. The van der Waals surface area contributed by atoms with Crippen LogP contribution in [0.1, 0.15) is 27.8 Å². The number of rotatable bonds is 5. The fourth-order valence-corrected chi connectivity index (χ4v) is 8.83. The van der Waals surface area contributed by atoms with Crippen molar-refractivity contribution >= 4 is 0 Å². The van der Waals surface area contributed by atoms with Gasteiger partial charge < -0.3 is 4.74 Å². The van der Waals surface area contributed by atoms with Crippen molar-refractivity contribution in [2.45, 2.75) is 5.41 Å². The van der Waals surface area contributed by atoms with Gasteiger partial charge in [-0.3, -0.25) is 0 Å². The van der Waals surface area contributed by atoms with Gasteiger partial charge in [0.2, 0.25) is 0 Å². The van der Waals surface area contributed by atoms with Crippen molar-refractivity contribution in [1.29, 1.82) is 5.26 Å². The summed E-state index contributed by atoms with van der Waals surface area (Å²) in [5.41, 5.74) is 13.7. The molecule has 9 aromatic rings. The molecule has 0 unspecified atom stereocenters. The Morgan fingerprint density at radius 3 is 1.43 bits per heavy atom. The van der Waals surface area contributed by atoms with E-state index in [1.807, 2.05) is 97.1 Å². The van der Waals surface area contributed by atoms with E-state index >= 15 is 0 Å². The van der Waals surface area contributed by atoms with Crippen LogP contribution in [0.4, 0.5) is 0 Å². The van der Waals surface area contributed by atoms with Gasteiger partial charge in [-0.15, -0.1) is 0 Å². The summed E-state index contributed by atoms with van der Waals surface area (Å²) in [7, 11) is 0. The molecule has 11 rings (SSSR count). The zero-order valence-corrected chi connectivity index (χ0v) is 31.2. The standard InChI is InChI=1S/C53H32N4O/c54-33-34-23-25-35(26-24-34)36-27-29-37(30-28-36)41-32-47-42(31-43(41)52-56-50(38-13-3-1-4-14-38)55-51(57-52)39-15-5-2-6-16-39)40-17-7-8-18-44(40)53(47)45-19-9-11-21-48(45)58-49-22-12-10-20-46(49)53/h1-32H. The highest BCUT2D eigenvalue weighted by Gasteiger charge is 2.51. The van der Waals surface area contributed by atoms with Gasteiger partial charge in [0.25, 0.3) is 0 Å². The third-order valence-corrected chi connectivity index (χ3v) is 11.5. The molecule has 1 aliphatic heterocycles. The van der Waals surface area contributed by atoms with E-state index in [-0.39, 0.29) is 0 Å². The van der Waals surface area contributed by atoms with Crippen molar-refractivity contribution in [2.24, 2.45) is 0 Å². The van der Waals surface area contributed by atoms with Gasteiger partial charge >= 0.3 is 0 Å². The van der Waals surface area contributed by atoms with Gasteiger partial charge in [0.15, 0.2) is 17.5 Å². The first-order chi connectivity index (χ1) is 28.7. The Labute approximate surface area is 336 Å². The van der Waals surface area contributed by atoms with Crippen LogP contribution in [0.3, 0.4) is 0 Å². The molecule has 1 aromatic heterocycles. The van der Waals surface area contributed by atoms with Gasteiger partial charge in [-0.05, 0) is 80.9 Å². The number of nitriles is 1. The van der Waals surface area contributed by atoms with Crippen molar-refractivity contribution in [1.82, 2.24) is 15.0 Å². The van der Waals surface area contributed by atoms with E-state index < -0.39 is 5.41 Å². The summed E-state index contributed by atoms with van der Waals surface area (Å²) >= 11 is 0. The number of ether oxygens (including phenoxy) is 1. The van der Waals surface area contributed by atoms with E-state index in [0.29, 0.717) is 23.0 Å². The van der Waals surface area contributed by atoms with Crippen molar-refractivity contribution in [2.75, 3.05) is 0 Å². The van der Waals surface area contributed by atoms with Crippen LogP contribution >= 0.6 is 0 Å². The molecule has 0 radical (unpaired) electrons. The molecule has 0 fully saturated rings. The van der Waals surface area contributed by atoms with Crippen LogP contribution < -0.4 is 4.74 Å². The van der Waals surface area contributed by atoms with Gasteiger partial charge in [0, 0.05) is 27.8 Å². The molecule has 8 aromatic carbocycles. The van der Waals surface area contributed by atoms with E-state index in [0.717, 1.165) is 72.7 Å². The second kappa shape index (κ2) is 13.4. The van der Waals surface area contributed by atoms with Gasteiger partial charge in [0.1, 0.15) is 11.5 Å². The third-order valence-electron chi connectivity index (χ3n) is 11.5. The zero-order valence-electron chi connectivity index (χ0n) is 31.2. The molecular weight excluding hydrogens is 709 g/mol. The molecule has 5 nitrogen and oxygen atoms in total. The summed E-state index contributed by atoms with van der Waals surface area (Å²) in [5, 5.41) is 9.40. The first-order valence-corrected chi connectivity index (χ1v) is 19.3. The maximum Gasteiger partial charge on any atom is 0.164 e. The number of para-hydroxylation sites is 2. The second-order valence-electron chi connectivity index (χ2n) is 14.6. The molecule has 0 bridgehead atoms. The Kier molecular flexibility index (Phi) is 7.70. The fraction of sp³-hybridized carbons (Fsp3) is 0.0189. The molecule has 1 spiro atoms.